The molecule has 1 N–H and O–H groups in total. The number of hydrogen-bond acceptors (Lipinski definition) is 4. The first kappa shape index (κ1) is 15.3. The van der Waals surface area contributed by atoms with Crippen molar-refractivity contribution in [2.75, 3.05) is 37.9 Å². The van der Waals surface area contributed by atoms with Gasteiger partial charge in [-0.25, -0.2) is 8.42 Å². The highest BCUT2D eigenvalue weighted by atomic mass is 32.2. The summed E-state index contributed by atoms with van der Waals surface area (Å²) in [6.07, 6.45) is 0.589. The molecule has 1 heterocycles. The van der Waals surface area contributed by atoms with Gasteiger partial charge in [0.2, 0.25) is 10.0 Å². The Labute approximate surface area is 121 Å². The van der Waals surface area contributed by atoms with Gasteiger partial charge in [0.25, 0.3) is 0 Å². The molecule has 2 rings (SSSR count). The van der Waals surface area contributed by atoms with Crippen LogP contribution in [0.3, 0.4) is 0 Å². The molecule has 0 amide bonds. The van der Waals surface area contributed by atoms with Crippen molar-refractivity contribution in [1.82, 2.24) is 9.80 Å². The fourth-order valence-corrected chi connectivity index (χ4v) is 4.17. The van der Waals surface area contributed by atoms with Crippen molar-refractivity contribution in [1.29, 1.82) is 0 Å². The largest absolute Gasteiger partial charge is 0.304 e. The number of para-hydroxylation sites is 1. The summed E-state index contributed by atoms with van der Waals surface area (Å²) in [5.74, 6) is 0. The van der Waals surface area contributed by atoms with Crippen LogP contribution in [-0.4, -0.2) is 56.8 Å². The van der Waals surface area contributed by atoms with Crippen molar-refractivity contribution < 1.29 is 8.42 Å². The normalized spacial score (nSPS) is 19.7. The van der Waals surface area contributed by atoms with Gasteiger partial charge in [0.15, 0.2) is 0 Å². The number of rotatable bonds is 5. The van der Waals surface area contributed by atoms with E-state index in [-0.39, 0.29) is 0 Å². The van der Waals surface area contributed by atoms with Crippen LogP contribution in [0.2, 0.25) is 0 Å². The Hall–Kier alpha value is -1.11. The Morgan fingerprint density at radius 3 is 2.30 bits per heavy atom. The topological polar surface area (TPSA) is 52.7 Å². The second-order valence-electron chi connectivity index (χ2n) is 5.22. The Balaban J connectivity index is 2.09. The molecule has 1 fully saturated rings. The van der Waals surface area contributed by atoms with Crippen molar-refractivity contribution in [2.45, 2.75) is 18.7 Å². The molecule has 1 aromatic rings. The van der Waals surface area contributed by atoms with E-state index in [1.54, 1.807) is 12.1 Å². The summed E-state index contributed by atoms with van der Waals surface area (Å²) in [5, 5.41) is -0.462. The van der Waals surface area contributed by atoms with Crippen molar-refractivity contribution in [3.63, 3.8) is 0 Å². The summed E-state index contributed by atoms with van der Waals surface area (Å²) in [5.41, 5.74) is 0.625. The minimum Gasteiger partial charge on any atom is -0.304 e. The summed E-state index contributed by atoms with van der Waals surface area (Å²) < 4.78 is 27.8. The Bertz CT molecular complexity index is 510. The predicted molar refractivity (Wildman–Crippen MR) is 82.1 cm³/mol. The summed E-state index contributed by atoms with van der Waals surface area (Å²) >= 11 is 0. The fraction of sp³-hybridized carbons (Fsp3) is 0.571. The molecule has 0 spiro atoms. The van der Waals surface area contributed by atoms with Crippen molar-refractivity contribution in [3.05, 3.63) is 30.3 Å². The zero-order chi connectivity index (χ0) is 14.6. The SMILES string of the molecule is CCC(N1CCN(C)CC1)S(=O)(=O)Nc1ccccc1. The smallest absolute Gasteiger partial charge is 0.249 e. The quantitative estimate of drug-likeness (QED) is 0.893. The van der Waals surface area contributed by atoms with Crippen molar-refractivity contribution in [2.24, 2.45) is 0 Å². The molecule has 0 bridgehead atoms. The first-order chi connectivity index (χ1) is 9.53. The van der Waals surface area contributed by atoms with Gasteiger partial charge in [0.1, 0.15) is 5.37 Å². The molecule has 1 aliphatic heterocycles. The molecule has 1 aliphatic rings. The highest BCUT2D eigenvalue weighted by Crippen LogP contribution is 2.18. The third kappa shape index (κ3) is 3.71. The van der Waals surface area contributed by atoms with Crippen LogP contribution in [-0.2, 0) is 10.0 Å². The second-order valence-corrected chi connectivity index (χ2v) is 7.05. The highest BCUT2D eigenvalue weighted by Gasteiger charge is 2.31. The van der Waals surface area contributed by atoms with E-state index in [1.807, 2.05) is 25.1 Å². The molecule has 0 aromatic heterocycles. The molecule has 6 heteroatoms. The molecule has 1 saturated heterocycles. The van der Waals surface area contributed by atoms with Gasteiger partial charge in [-0.2, -0.15) is 0 Å². The fourth-order valence-electron chi connectivity index (χ4n) is 2.52. The molecule has 1 aromatic carbocycles. The number of anilines is 1. The third-order valence-corrected chi connectivity index (χ3v) is 5.55. The van der Waals surface area contributed by atoms with Crippen LogP contribution in [0.15, 0.2) is 30.3 Å². The van der Waals surface area contributed by atoms with Gasteiger partial charge in [-0.3, -0.25) is 9.62 Å². The van der Waals surface area contributed by atoms with Gasteiger partial charge >= 0.3 is 0 Å². The number of sulfonamides is 1. The highest BCUT2D eigenvalue weighted by molar-refractivity contribution is 7.93. The summed E-state index contributed by atoms with van der Waals surface area (Å²) in [6, 6.07) is 9.07. The van der Waals surface area contributed by atoms with Gasteiger partial charge < -0.3 is 4.90 Å². The summed E-state index contributed by atoms with van der Waals surface area (Å²) in [4.78, 5) is 4.28. The van der Waals surface area contributed by atoms with E-state index in [1.165, 1.54) is 0 Å². The molecule has 1 unspecified atom stereocenters. The number of nitrogens with zero attached hydrogens (tertiary/aromatic N) is 2. The minimum absolute atomic E-state index is 0.462. The molecular weight excluding hydrogens is 274 g/mol. The average Bonchev–Trinajstić information content (AvgIpc) is 2.42. The van der Waals surface area contributed by atoms with E-state index >= 15 is 0 Å². The van der Waals surface area contributed by atoms with Crippen LogP contribution in [0.4, 0.5) is 5.69 Å². The first-order valence-electron chi connectivity index (χ1n) is 7.02. The first-order valence-corrected chi connectivity index (χ1v) is 8.57. The lowest BCUT2D eigenvalue weighted by molar-refractivity contribution is 0.139. The van der Waals surface area contributed by atoms with Crippen molar-refractivity contribution >= 4 is 15.7 Å². The van der Waals surface area contributed by atoms with E-state index < -0.39 is 15.4 Å². The molecular formula is C14H23N3O2S. The predicted octanol–water partition coefficient (Wildman–Crippen LogP) is 1.41. The van der Waals surface area contributed by atoms with Crippen molar-refractivity contribution in [3.8, 4) is 0 Å². The van der Waals surface area contributed by atoms with Gasteiger partial charge in [0, 0.05) is 31.9 Å². The zero-order valence-electron chi connectivity index (χ0n) is 12.1. The van der Waals surface area contributed by atoms with Crippen LogP contribution < -0.4 is 4.72 Å². The molecule has 112 valence electrons. The van der Waals surface area contributed by atoms with Crippen LogP contribution >= 0.6 is 0 Å². The number of nitrogens with one attached hydrogen (secondary N) is 1. The molecule has 20 heavy (non-hydrogen) atoms. The van der Waals surface area contributed by atoms with E-state index in [4.69, 9.17) is 0 Å². The van der Waals surface area contributed by atoms with Gasteiger partial charge in [-0.15, -0.1) is 0 Å². The summed E-state index contributed by atoms with van der Waals surface area (Å²) in [6.45, 7) is 5.34. The van der Waals surface area contributed by atoms with E-state index in [9.17, 15) is 8.42 Å². The number of piperazine rings is 1. The van der Waals surface area contributed by atoms with E-state index in [2.05, 4.69) is 21.6 Å². The lowest BCUT2D eigenvalue weighted by Crippen LogP contribution is -2.52. The van der Waals surface area contributed by atoms with Gasteiger partial charge in [-0.1, -0.05) is 25.1 Å². The molecule has 0 radical (unpaired) electrons. The Morgan fingerprint density at radius 1 is 1.15 bits per heavy atom. The Morgan fingerprint density at radius 2 is 1.75 bits per heavy atom. The molecule has 0 saturated carbocycles. The van der Waals surface area contributed by atoms with Crippen LogP contribution in [0.5, 0.6) is 0 Å². The Kier molecular flexibility index (Phi) is 5.01. The molecule has 0 aliphatic carbocycles. The molecule has 1 atom stereocenters. The minimum atomic E-state index is -3.39. The third-order valence-electron chi connectivity index (χ3n) is 3.69. The van der Waals surface area contributed by atoms with Crippen LogP contribution in [0.1, 0.15) is 13.3 Å². The number of likely N-dealkylation sites (N-methyl/N-ethyl adjacent to an activating group) is 1. The maximum absolute atomic E-state index is 12.5. The standard InChI is InChI=1S/C14H23N3O2S/c1-3-14(17-11-9-16(2)10-12-17)20(18,19)15-13-7-5-4-6-8-13/h4-8,14-15H,3,9-12H2,1-2H3. The lowest BCUT2D eigenvalue weighted by atomic mass is 10.3. The lowest BCUT2D eigenvalue weighted by Gasteiger charge is -2.37. The molecule has 5 nitrogen and oxygen atoms in total. The maximum atomic E-state index is 12.5. The monoisotopic (exact) mass is 297 g/mol. The van der Waals surface area contributed by atoms with Crippen LogP contribution in [0, 0.1) is 0 Å². The number of hydrogen-bond donors (Lipinski definition) is 1. The second kappa shape index (κ2) is 6.56. The number of benzene rings is 1. The average molecular weight is 297 g/mol. The van der Waals surface area contributed by atoms with Gasteiger partial charge in [-0.05, 0) is 25.6 Å². The van der Waals surface area contributed by atoms with E-state index in [0.29, 0.717) is 12.1 Å². The van der Waals surface area contributed by atoms with Gasteiger partial charge in [0.05, 0.1) is 0 Å². The zero-order valence-corrected chi connectivity index (χ0v) is 12.9. The maximum Gasteiger partial charge on any atom is 0.249 e. The van der Waals surface area contributed by atoms with E-state index in [0.717, 1.165) is 26.2 Å². The summed E-state index contributed by atoms with van der Waals surface area (Å²) in [7, 11) is -1.32. The van der Waals surface area contributed by atoms with Crippen LogP contribution in [0.25, 0.3) is 0 Å².